The van der Waals surface area contributed by atoms with Gasteiger partial charge in [-0.25, -0.2) is 17.6 Å². The summed E-state index contributed by atoms with van der Waals surface area (Å²) in [7, 11) is -3.79. The average Bonchev–Trinajstić information content (AvgIpc) is 3.54. The first-order valence-corrected chi connectivity index (χ1v) is 13.2. The number of hydrogen-bond donors (Lipinski definition) is 1. The standard InChI is InChI=1S/C22H26FN3O5S2/c1-2-31-22(28)20-18(15-6-7-15)14-32-21(20)24-19(27)13-25-8-10-26(11-9-25)33(29,30)17-5-3-4-16(23)12-17/h3-5,12,14-15H,2,6-11,13H2,1H3,(H,24,27). The number of sulfonamides is 1. The van der Waals surface area contributed by atoms with Gasteiger partial charge in [0.1, 0.15) is 10.8 Å². The molecule has 2 fully saturated rings. The predicted octanol–water partition coefficient (Wildman–Crippen LogP) is 2.89. The number of thiophene rings is 1. The molecule has 2 aromatic rings. The molecule has 4 rings (SSSR count). The number of halogens is 1. The maximum atomic E-state index is 13.5. The minimum absolute atomic E-state index is 0.0762. The lowest BCUT2D eigenvalue weighted by Crippen LogP contribution is -2.50. The molecule has 2 aliphatic rings. The van der Waals surface area contributed by atoms with Gasteiger partial charge in [-0.2, -0.15) is 4.31 Å². The van der Waals surface area contributed by atoms with Crippen molar-refractivity contribution in [1.29, 1.82) is 0 Å². The van der Waals surface area contributed by atoms with Crippen LogP contribution in [0, 0.1) is 5.82 Å². The number of nitrogens with one attached hydrogen (secondary N) is 1. The largest absolute Gasteiger partial charge is 0.462 e. The van der Waals surface area contributed by atoms with Crippen molar-refractivity contribution in [2.45, 2.75) is 30.6 Å². The molecule has 1 saturated carbocycles. The Kier molecular flexibility index (Phi) is 7.13. The number of benzene rings is 1. The number of amides is 1. The van der Waals surface area contributed by atoms with Crippen LogP contribution in [0.1, 0.15) is 41.6 Å². The molecule has 33 heavy (non-hydrogen) atoms. The molecule has 1 N–H and O–H groups in total. The molecule has 0 spiro atoms. The second-order valence-corrected chi connectivity index (χ2v) is 10.9. The Morgan fingerprint density at radius 1 is 1.21 bits per heavy atom. The van der Waals surface area contributed by atoms with Crippen LogP contribution in [-0.2, 0) is 19.6 Å². The van der Waals surface area contributed by atoms with Crippen molar-refractivity contribution in [2.75, 3.05) is 44.6 Å². The van der Waals surface area contributed by atoms with Crippen LogP contribution in [0.2, 0.25) is 0 Å². The molecule has 0 atom stereocenters. The maximum absolute atomic E-state index is 13.5. The van der Waals surface area contributed by atoms with Crippen LogP contribution in [0.4, 0.5) is 9.39 Å². The van der Waals surface area contributed by atoms with Gasteiger partial charge >= 0.3 is 5.97 Å². The summed E-state index contributed by atoms with van der Waals surface area (Å²) in [6.07, 6.45) is 2.05. The first-order chi connectivity index (χ1) is 15.8. The zero-order valence-corrected chi connectivity index (χ0v) is 19.9. The highest BCUT2D eigenvalue weighted by Gasteiger charge is 2.33. The SMILES string of the molecule is CCOC(=O)c1c(C2CC2)csc1NC(=O)CN1CCN(S(=O)(=O)c2cccc(F)c2)CC1. The molecule has 1 saturated heterocycles. The quantitative estimate of drug-likeness (QED) is 0.566. The summed E-state index contributed by atoms with van der Waals surface area (Å²) in [5.74, 6) is -0.954. The number of anilines is 1. The van der Waals surface area contributed by atoms with Crippen molar-refractivity contribution in [3.63, 3.8) is 0 Å². The fourth-order valence-corrected chi connectivity index (χ4v) is 6.35. The smallest absolute Gasteiger partial charge is 0.341 e. The van der Waals surface area contributed by atoms with E-state index in [2.05, 4.69) is 5.32 Å². The molecule has 1 aliphatic carbocycles. The Bertz CT molecular complexity index is 1140. The Balaban J connectivity index is 1.35. The third-order valence-electron chi connectivity index (χ3n) is 5.70. The van der Waals surface area contributed by atoms with Crippen molar-refractivity contribution < 1.29 is 27.1 Å². The lowest BCUT2D eigenvalue weighted by molar-refractivity contribution is -0.117. The van der Waals surface area contributed by atoms with E-state index >= 15 is 0 Å². The van der Waals surface area contributed by atoms with Gasteiger partial charge in [-0.3, -0.25) is 9.69 Å². The summed E-state index contributed by atoms with van der Waals surface area (Å²) in [4.78, 5) is 26.9. The summed E-state index contributed by atoms with van der Waals surface area (Å²) < 4.78 is 45.4. The van der Waals surface area contributed by atoms with E-state index in [9.17, 15) is 22.4 Å². The van der Waals surface area contributed by atoms with Gasteiger partial charge in [0.05, 0.1) is 23.6 Å². The third-order valence-corrected chi connectivity index (χ3v) is 8.51. The van der Waals surface area contributed by atoms with E-state index < -0.39 is 21.8 Å². The van der Waals surface area contributed by atoms with Gasteiger partial charge in [0.25, 0.3) is 0 Å². The Hall–Kier alpha value is -2.34. The monoisotopic (exact) mass is 495 g/mol. The van der Waals surface area contributed by atoms with Gasteiger partial charge in [-0.05, 0) is 54.8 Å². The van der Waals surface area contributed by atoms with Crippen LogP contribution >= 0.6 is 11.3 Å². The van der Waals surface area contributed by atoms with Crippen molar-refractivity contribution in [3.8, 4) is 0 Å². The molecule has 11 heteroatoms. The Morgan fingerprint density at radius 3 is 2.58 bits per heavy atom. The normalized spacial score (nSPS) is 17.6. The van der Waals surface area contributed by atoms with Crippen LogP contribution in [0.25, 0.3) is 0 Å². The van der Waals surface area contributed by atoms with Gasteiger partial charge in [0.15, 0.2) is 0 Å². The van der Waals surface area contributed by atoms with Gasteiger partial charge in [-0.15, -0.1) is 11.3 Å². The second kappa shape index (κ2) is 9.88. The minimum atomic E-state index is -3.79. The number of rotatable bonds is 8. The molecule has 8 nitrogen and oxygen atoms in total. The molecule has 0 bridgehead atoms. The number of carbonyl (C=O) groups excluding carboxylic acids is 2. The van der Waals surface area contributed by atoms with Crippen LogP contribution in [0.3, 0.4) is 0 Å². The first kappa shape index (κ1) is 23.8. The molecule has 0 radical (unpaired) electrons. The van der Waals surface area contributed by atoms with E-state index in [1.165, 1.54) is 33.8 Å². The Labute approximate surface area is 196 Å². The zero-order valence-electron chi connectivity index (χ0n) is 18.3. The lowest BCUT2D eigenvalue weighted by atomic mass is 10.1. The number of piperazine rings is 1. The van der Waals surface area contributed by atoms with Crippen LogP contribution in [-0.4, -0.2) is 68.8 Å². The van der Waals surface area contributed by atoms with Crippen molar-refractivity contribution in [3.05, 3.63) is 46.6 Å². The van der Waals surface area contributed by atoms with E-state index in [1.807, 2.05) is 10.3 Å². The predicted molar refractivity (Wildman–Crippen MR) is 122 cm³/mol. The lowest BCUT2D eigenvalue weighted by Gasteiger charge is -2.33. The third kappa shape index (κ3) is 5.43. The van der Waals surface area contributed by atoms with E-state index in [1.54, 1.807) is 6.92 Å². The fourth-order valence-electron chi connectivity index (χ4n) is 3.85. The maximum Gasteiger partial charge on any atom is 0.341 e. The molecular formula is C22H26FN3O5S2. The summed E-state index contributed by atoms with van der Waals surface area (Å²) in [5, 5.41) is 5.24. The number of carbonyl (C=O) groups is 2. The fraction of sp³-hybridized carbons (Fsp3) is 0.455. The highest BCUT2D eigenvalue weighted by Crippen LogP contribution is 2.46. The van der Waals surface area contributed by atoms with Crippen LogP contribution in [0.15, 0.2) is 34.5 Å². The molecule has 1 aromatic heterocycles. The number of nitrogens with zero attached hydrogens (tertiary/aromatic N) is 2. The number of hydrogen-bond acceptors (Lipinski definition) is 7. The topological polar surface area (TPSA) is 96.0 Å². The molecular weight excluding hydrogens is 469 g/mol. The van der Waals surface area contributed by atoms with E-state index in [-0.39, 0.29) is 37.0 Å². The summed E-state index contributed by atoms with van der Waals surface area (Å²) >= 11 is 1.32. The molecule has 178 valence electrons. The molecule has 2 heterocycles. The summed E-state index contributed by atoms with van der Waals surface area (Å²) in [6.45, 7) is 3.21. The van der Waals surface area contributed by atoms with Crippen LogP contribution < -0.4 is 5.32 Å². The van der Waals surface area contributed by atoms with Gasteiger partial charge in [0.2, 0.25) is 15.9 Å². The molecule has 1 aliphatic heterocycles. The van der Waals surface area contributed by atoms with E-state index in [0.717, 1.165) is 24.5 Å². The average molecular weight is 496 g/mol. The van der Waals surface area contributed by atoms with Gasteiger partial charge in [0, 0.05) is 26.2 Å². The highest BCUT2D eigenvalue weighted by molar-refractivity contribution is 7.89. The molecule has 1 amide bonds. The van der Waals surface area contributed by atoms with Crippen LogP contribution in [0.5, 0.6) is 0 Å². The number of esters is 1. The van der Waals surface area contributed by atoms with Crippen molar-refractivity contribution in [2.24, 2.45) is 0 Å². The Morgan fingerprint density at radius 2 is 1.94 bits per heavy atom. The second-order valence-electron chi connectivity index (χ2n) is 8.08. The van der Waals surface area contributed by atoms with E-state index in [4.69, 9.17) is 4.74 Å². The summed E-state index contributed by atoms with van der Waals surface area (Å²) in [5.41, 5.74) is 1.38. The van der Waals surface area contributed by atoms with E-state index in [0.29, 0.717) is 29.6 Å². The highest BCUT2D eigenvalue weighted by atomic mass is 32.2. The molecule has 0 unspecified atom stereocenters. The summed E-state index contributed by atoms with van der Waals surface area (Å²) in [6, 6.07) is 4.94. The van der Waals surface area contributed by atoms with Gasteiger partial charge in [-0.1, -0.05) is 6.07 Å². The number of ether oxygens (including phenoxy) is 1. The first-order valence-electron chi connectivity index (χ1n) is 10.9. The molecule has 1 aromatic carbocycles. The minimum Gasteiger partial charge on any atom is -0.462 e. The van der Waals surface area contributed by atoms with Crippen molar-refractivity contribution >= 4 is 38.2 Å². The van der Waals surface area contributed by atoms with Crippen molar-refractivity contribution in [1.82, 2.24) is 9.21 Å². The zero-order chi connectivity index (χ0) is 23.6. The van der Waals surface area contributed by atoms with Gasteiger partial charge < -0.3 is 10.1 Å².